The van der Waals surface area contributed by atoms with Crippen LogP contribution in [0.1, 0.15) is 28.1 Å². The molecule has 1 saturated heterocycles. The number of hydrogen-bond acceptors (Lipinski definition) is 2. The standard InChI is InChI=1S/C6H11NO.C2H6.H2/c8-5-1-6(2-5)3-7-4-6;1-2;/h5,7-8H,1-4H2;1-2H3;1H. The second-order valence-corrected chi connectivity index (χ2v) is 3.17. The molecule has 1 aliphatic heterocycles. The lowest BCUT2D eigenvalue weighted by molar-refractivity contribution is -0.0635. The Balaban J connectivity index is 0.000000311. The smallest absolute Gasteiger partial charge is 0.0552 e. The zero-order chi connectivity index (χ0) is 7.61. The lowest BCUT2D eigenvalue weighted by atomic mass is 9.63. The van der Waals surface area contributed by atoms with E-state index in [0.29, 0.717) is 5.41 Å². The largest absolute Gasteiger partial charge is 0.393 e. The maximum atomic E-state index is 8.92. The van der Waals surface area contributed by atoms with Gasteiger partial charge >= 0.3 is 0 Å². The minimum atomic E-state index is 0. The first-order chi connectivity index (χ1) is 4.81. The molecule has 0 amide bonds. The van der Waals surface area contributed by atoms with Crippen LogP contribution in [0.25, 0.3) is 0 Å². The fourth-order valence-corrected chi connectivity index (χ4v) is 1.71. The molecule has 1 heterocycles. The minimum Gasteiger partial charge on any atom is -0.393 e. The van der Waals surface area contributed by atoms with Gasteiger partial charge in [0.1, 0.15) is 0 Å². The molecule has 2 nitrogen and oxygen atoms in total. The van der Waals surface area contributed by atoms with E-state index in [1.165, 1.54) is 0 Å². The summed E-state index contributed by atoms with van der Waals surface area (Å²) in [5, 5.41) is 12.1. The van der Waals surface area contributed by atoms with Crippen molar-refractivity contribution in [3.8, 4) is 0 Å². The van der Waals surface area contributed by atoms with E-state index in [-0.39, 0.29) is 7.53 Å². The van der Waals surface area contributed by atoms with Crippen molar-refractivity contribution in [2.24, 2.45) is 5.41 Å². The van der Waals surface area contributed by atoms with Gasteiger partial charge in [0.2, 0.25) is 0 Å². The molecule has 1 saturated carbocycles. The Morgan fingerprint density at radius 2 is 1.90 bits per heavy atom. The summed E-state index contributed by atoms with van der Waals surface area (Å²) in [6, 6.07) is 0. The van der Waals surface area contributed by atoms with Gasteiger partial charge in [-0.05, 0) is 12.8 Å². The summed E-state index contributed by atoms with van der Waals surface area (Å²) in [6.45, 7) is 6.29. The van der Waals surface area contributed by atoms with Gasteiger partial charge in [0.25, 0.3) is 0 Å². The molecule has 1 spiro atoms. The molecule has 0 unspecified atom stereocenters. The van der Waals surface area contributed by atoms with Crippen molar-refractivity contribution in [2.75, 3.05) is 13.1 Å². The molecule has 0 aromatic carbocycles. The molecule has 2 rings (SSSR count). The third kappa shape index (κ3) is 1.18. The first kappa shape index (κ1) is 8.02. The van der Waals surface area contributed by atoms with E-state index in [1.54, 1.807) is 0 Å². The van der Waals surface area contributed by atoms with Gasteiger partial charge < -0.3 is 10.4 Å². The van der Waals surface area contributed by atoms with Gasteiger partial charge in [0, 0.05) is 19.9 Å². The minimum absolute atomic E-state index is 0. The molecule has 10 heavy (non-hydrogen) atoms. The van der Waals surface area contributed by atoms with Crippen molar-refractivity contribution in [2.45, 2.75) is 32.8 Å². The van der Waals surface area contributed by atoms with Crippen LogP contribution < -0.4 is 5.32 Å². The van der Waals surface area contributed by atoms with E-state index < -0.39 is 0 Å². The summed E-state index contributed by atoms with van der Waals surface area (Å²) >= 11 is 0. The van der Waals surface area contributed by atoms with Crippen LogP contribution in [0.15, 0.2) is 0 Å². The lowest BCUT2D eigenvalue weighted by Gasteiger charge is -2.52. The number of rotatable bonds is 0. The second-order valence-electron chi connectivity index (χ2n) is 3.17. The Morgan fingerprint density at radius 3 is 2.00 bits per heavy atom. The maximum Gasteiger partial charge on any atom is 0.0552 e. The topological polar surface area (TPSA) is 32.3 Å². The summed E-state index contributed by atoms with van der Waals surface area (Å²) in [6.07, 6.45) is 2.11. The van der Waals surface area contributed by atoms with E-state index in [0.717, 1.165) is 25.9 Å². The second kappa shape index (κ2) is 2.89. The number of hydrogen-bond donors (Lipinski definition) is 2. The van der Waals surface area contributed by atoms with Gasteiger partial charge in [0.15, 0.2) is 0 Å². The fraction of sp³-hybridized carbons (Fsp3) is 1.00. The predicted molar refractivity (Wildman–Crippen MR) is 44.0 cm³/mol. The van der Waals surface area contributed by atoms with Crippen molar-refractivity contribution < 1.29 is 6.53 Å². The van der Waals surface area contributed by atoms with Crippen LogP contribution in [-0.4, -0.2) is 24.3 Å². The van der Waals surface area contributed by atoms with Gasteiger partial charge in [-0.15, -0.1) is 0 Å². The molecular weight excluding hydrogens is 126 g/mol. The zero-order valence-corrected chi connectivity index (χ0v) is 6.85. The molecule has 0 atom stereocenters. The van der Waals surface area contributed by atoms with E-state index in [4.69, 9.17) is 5.11 Å². The number of aliphatic hydroxyl groups excluding tert-OH is 1. The van der Waals surface area contributed by atoms with Gasteiger partial charge in [-0.1, -0.05) is 13.8 Å². The molecule has 2 heteroatoms. The molecule has 0 radical (unpaired) electrons. The molecule has 2 fully saturated rings. The Bertz CT molecular complexity index is 107. The van der Waals surface area contributed by atoms with E-state index in [9.17, 15) is 0 Å². The summed E-state index contributed by atoms with van der Waals surface area (Å²) < 4.78 is 0. The third-order valence-corrected chi connectivity index (χ3v) is 2.34. The fourth-order valence-electron chi connectivity index (χ4n) is 1.71. The molecule has 2 N–H and O–H groups in total. The molecule has 0 aromatic rings. The first-order valence-electron chi connectivity index (χ1n) is 4.20. The van der Waals surface area contributed by atoms with Crippen LogP contribution in [0.2, 0.25) is 0 Å². The van der Waals surface area contributed by atoms with Gasteiger partial charge in [-0.25, -0.2) is 0 Å². The highest BCUT2D eigenvalue weighted by Gasteiger charge is 2.47. The van der Waals surface area contributed by atoms with E-state index in [2.05, 4.69) is 5.32 Å². The van der Waals surface area contributed by atoms with Crippen LogP contribution in [0, 0.1) is 5.41 Å². The van der Waals surface area contributed by atoms with Crippen molar-refractivity contribution >= 4 is 0 Å². The Morgan fingerprint density at radius 1 is 1.40 bits per heavy atom. The molecule has 62 valence electrons. The Kier molecular flexibility index (Phi) is 2.32. The monoisotopic (exact) mass is 145 g/mol. The van der Waals surface area contributed by atoms with Crippen molar-refractivity contribution in [1.29, 1.82) is 0 Å². The van der Waals surface area contributed by atoms with Crippen LogP contribution in [0.4, 0.5) is 0 Å². The highest BCUT2D eigenvalue weighted by molar-refractivity contribution is 5.02. The number of aliphatic hydroxyl groups is 1. The van der Waals surface area contributed by atoms with Crippen molar-refractivity contribution in [3.05, 3.63) is 0 Å². The van der Waals surface area contributed by atoms with E-state index in [1.807, 2.05) is 13.8 Å². The SMILES string of the molecule is CC.OC1CC2(CNC2)C1.[HH]. The molecule has 0 bridgehead atoms. The summed E-state index contributed by atoms with van der Waals surface area (Å²) in [4.78, 5) is 0. The molecule has 1 aliphatic carbocycles. The third-order valence-electron chi connectivity index (χ3n) is 2.34. The van der Waals surface area contributed by atoms with Gasteiger partial charge in [-0.2, -0.15) is 0 Å². The van der Waals surface area contributed by atoms with Gasteiger partial charge in [-0.3, -0.25) is 0 Å². The number of nitrogens with one attached hydrogen (secondary N) is 1. The highest BCUT2D eigenvalue weighted by Crippen LogP contribution is 2.43. The van der Waals surface area contributed by atoms with Gasteiger partial charge in [0.05, 0.1) is 6.10 Å². The Labute approximate surface area is 64.1 Å². The molecule has 0 aromatic heterocycles. The summed E-state index contributed by atoms with van der Waals surface area (Å²) in [5.74, 6) is 0. The van der Waals surface area contributed by atoms with Crippen LogP contribution in [0.3, 0.4) is 0 Å². The summed E-state index contributed by atoms with van der Waals surface area (Å²) in [5.41, 5.74) is 0.555. The normalized spacial score (nSPS) is 27.9. The van der Waals surface area contributed by atoms with E-state index >= 15 is 0 Å². The van der Waals surface area contributed by atoms with Crippen LogP contribution >= 0.6 is 0 Å². The molecular formula is C8H19NO. The highest BCUT2D eigenvalue weighted by atomic mass is 16.3. The Hall–Kier alpha value is -0.0800. The van der Waals surface area contributed by atoms with Crippen LogP contribution in [0.5, 0.6) is 0 Å². The quantitative estimate of drug-likeness (QED) is 0.533. The first-order valence-corrected chi connectivity index (χ1v) is 4.20. The van der Waals surface area contributed by atoms with Crippen molar-refractivity contribution in [3.63, 3.8) is 0 Å². The average Bonchev–Trinajstić information content (AvgIpc) is 1.82. The predicted octanol–water partition coefficient (Wildman–Crippen LogP) is 1.00. The van der Waals surface area contributed by atoms with Crippen molar-refractivity contribution in [1.82, 2.24) is 5.32 Å². The average molecular weight is 145 g/mol. The summed E-state index contributed by atoms with van der Waals surface area (Å²) in [7, 11) is 0. The lowest BCUT2D eigenvalue weighted by Crippen LogP contribution is -2.61. The van der Waals surface area contributed by atoms with Crippen LogP contribution in [-0.2, 0) is 0 Å². The molecule has 2 aliphatic rings. The maximum absolute atomic E-state index is 8.92. The zero-order valence-electron chi connectivity index (χ0n) is 6.85.